The minimum atomic E-state index is -0.351. The van der Waals surface area contributed by atoms with Gasteiger partial charge in [0.1, 0.15) is 17.5 Å². The van der Waals surface area contributed by atoms with Crippen LogP contribution in [0.15, 0.2) is 135 Å². The Morgan fingerprint density at radius 2 is 0.640 bits per heavy atom. The van der Waals surface area contributed by atoms with E-state index in [2.05, 4.69) is 171 Å². The predicted octanol–water partition coefficient (Wildman–Crippen LogP) is 18.3. The Morgan fingerprint density at radius 3 is 1.03 bits per heavy atom. The number of benzene rings is 4. The Hall–Kier alpha value is -6.71. The third-order valence-corrected chi connectivity index (χ3v) is 22.9. The number of hydrogen-bond acceptors (Lipinski definition) is 8. The number of rotatable bonds is 12. The molecule has 0 spiro atoms. The van der Waals surface area contributed by atoms with Gasteiger partial charge in [0.25, 0.3) is 0 Å². The first-order valence-corrected chi connectivity index (χ1v) is 37.6. The third-order valence-electron chi connectivity index (χ3n) is 20.3. The molecular weight excluding hydrogens is 1500 g/mol. The highest BCUT2D eigenvalue weighted by Crippen LogP contribution is 2.42. The van der Waals surface area contributed by atoms with Gasteiger partial charge >= 0.3 is 0 Å². The number of hydrogen-bond donors (Lipinski definition) is 0. The smallest absolute Gasteiger partial charge is 0.147 e. The number of pyridine rings is 4. The molecule has 0 fully saturated rings. The van der Waals surface area contributed by atoms with Crippen molar-refractivity contribution in [2.24, 2.45) is 0 Å². The summed E-state index contributed by atoms with van der Waals surface area (Å²) < 4.78 is 56.3. The van der Waals surface area contributed by atoms with E-state index in [0.29, 0.717) is 34.4 Å². The summed E-state index contributed by atoms with van der Waals surface area (Å²) in [6, 6.07) is 30.7. The maximum Gasteiger partial charge on any atom is 0.147 e. The van der Waals surface area contributed by atoms with Crippen LogP contribution in [0.25, 0.3) is 43.6 Å². The molecule has 4 aromatic carbocycles. The topological polar surface area (TPSA) is 84.2 Å². The molecular formula is C80H84Br3Cl2F3N12. The van der Waals surface area contributed by atoms with E-state index in [1.165, 1.54) is 93.8 Å². The molecule has 16 rings (SSSR count). The van der Waals surface area contributed by atoms with E-state index in [-0.39, 0.29) is 17.5 Å². The number of halogens is 8. The monoisotopic (exact) mass is 1580 g/mol. The summed E-state index contributed by atoms with van der Waals surface area (Å²) in [5.41, 5.74) is 22.8. The fraction of sp³-hybridized carbons (Fsp3) is 0.350. The minimum Gasteiger partial charge on any atom is -0.343 e. The summed E-state index contributed by atoms with van der Waals surface area (Å²) in [5.74, 6) is -0.865. The molecule has 12 aromatic rings. The Balaban J connectivity index is 0.000000119. The lowest BCUT2D eigenvalue weighted by molar-refractivity contribution is 0.309. The molecule has 4 aliphatic rings. The zero-order valence-electron chi connectivity index (χ0n) is 58.1. The zero-order chi connectivity index (χ0) is 70.2. The quantitative estimate of drug-likeness (QED) is 0.120. The van der Waals surface area contributed by atoms with Gasteiger partial charge in [-0.2, -0.15) is 0 Å². The molecule has 0 radical (unpaired) electrons. The summed E-state index contributed by atoms with van der Waals surface area (Å²) in [7, 11) is 8.47. The van der Waals surface area contributed by atoms with Gasteiger partial charge in [0, 0.05) is 210 Å². The molecule has 0 atom stereocenters. The van der Waals surface area contributed by atoms with E-state index >= 15 is 0 Å². The van der Waals surface area contributed by atoms with Crippen molar-refractivity contribution in [1.29, 1.82) is 0 Å². The van der Waals surface area contributed by atoms with Crippen LogP contribution in [0, 0.1) is 45.1 Å². The van der Waals surface area contributed by atoms with Crippen molar-refractivity contribution < 1.29 is 13.2 Å². The van der Waals surface area contributed by atoms with Gasteiger partial charge in [-0.25, -0.2) is 13.2 Å². The van der Waals surface area contributed by atoms with Crippen molar-refractivity contribution in [1.82, 2.24) is 57.8 Å². The van der Waals surface area contributed by atoms with Crippen molar-refractivity contribution in [3.05, 3.63) is 253 Å². The second kappa shape index (κ2) is 31.1. The van der Waals surface area contributed by atoms with Crippen molar-refractivity contribution in [2.75, 3.05) is 54.4 Å². The SMILES string of the molecule is Cc1ccc(CCn2c3c(c4c(Br)ccc(Br)c42)CN(C)CC3)cn1.Cc1ccc(CCn2c3c(c4c(Cl)ccc(Br)c42)CN(C)CC3)cn1.Cc1ccc(CCn2c3c(c4c(F)ccc(Cl)c42)CN(C)CC3)cn1.Cc1ccc(CCn2c3c(c4c(F)ccc(F)c42)CN(C)CC3)cn1. The standard InChI is InChI=1S/C20H21Br2N3.C20H21BrClN3.C20H21ClFN3.C20H21F2N3/c1-13-3-4-14(11-23-13)7-10-25-18-8-9-24(2)12-15(18)19-16(21)5-6-17(22)20(19)25;2*1-13-3-4-14(11-23-13)7-10-25-18-8-9-24(2)12-15(18)19-17(22)6-5-16(21)20(19)25;1-13-3-4-14(11-23-13)7-10-25-18-8-9-24(2)12-15(18)19-16(21)5-6-17(22)20(19)25/h4*3-6,11H,7-10,12H2,1-2H3. The van der Waals surface area contributed by atoms with Gasteiger partial charge in [0.2, 0.25) is 0 Å². The summed E-state index contributed by atoms with van der Waals surface area (Å²) in [6.07, 6.45) is 15.2. The number of fused-ring (bicyclic) bond motifs is 12. The van der Waals surface area contributed by atoms with Crippen LogP contribution in [-0.2, 0) is 104 Å². The van der Waals surface area contributed by atoms with Crippen LogP contribution in [0.2, 0.25) is 10.0 Å². The van der Waals surface area contributed by atoms with Crippen LogP contribution < -0.4 is 0 Å². The van der Waals surface area contributed by atoms with Crippen LogP contribution in [-0.4, -0.2) is 112 Å². The Labute approximate surface area is 619 Å². The van der Waals surface area contributed by atoms with Crippen LogP contribution in [0.4, 0.5) is 13.2 Å². The highest BCUT2D eigenvalue weighted by molar-refractivity contribution is 9.11. The van der Waals surface area contributed by atoms with E-state index in [1.54, 1.807) is 6.07 Å². The number of nitrogens with zero attached hydrogens (tertiary/aromatic N) is 12. The summed E-state index contributed by atoms with van der Waals surface area (Å²) >= 11 is 24.4. The molecule has 520 valence electrons. The first-order valence-electron chi connectivity index (χ1n) is 34.5. The van der Waals surface area contributed by atoms with Gasteiger partial charge in [0.05, 0.1) is 32.1 Å². The van der Waals surface area contributed by atoms with Gasteiger partial charge in [-0.15, -0.1) is 0 Å². The molecule has 0 N–H and O–H groups in total. The zero-order valence-corrected chi connectivity index (χ0v) is 64.3. The van der Waals surface area contributed by atoms with E-state index < -0.39 is 0 Å². The molecule has 12 heterocycles. The van der Waals surface area contributed by atoms with Gasteiger partial charge in [-0.3, -0.25) is 19.9 Å². The molecule has 100 heavy (non-hydrogen) atoms. The highest BCUT2D eigenvalue weighted by Gasteiger charge is 2.30. The Bertz CT molecular complexity index is 4350. The van der Waals surface area contributed by atoms with Crippen molar-refractivity contribution in [3.63, 3.8) is 0 Å². The molecule has 4 aliphatic heterocycles. The molecule has 0 saturated heterocycles. The fourth-order valence-corrected chi connectivity index (χ4v) is 17.3. The molecule has 0 unspecified atom stereocenters. The Morgan fingerprint density at radius 1 is 0.340 bits per heavy atom. The van der Waals surface area contributed by atoms with Crippen molar-refractivity contribution in [3.8, 4) is 0 Å². The number of aromatic nitrogens is 8. The van der Waals surface area contributed by atoms with Gasteiger partial charge in [-0.05, 0) is 231 Å². The van der Waals surface area contributed by atoms with Gasteiger partial charge < -0.3 is 37.9 Å². The fourth-order valence-electron chi connectivity index (χ4n) is 15.1. The van der Waals surface area contributed by atoms with Gasteiger partial charge in [-0.1, -0.05) is 63.4 Å². The second-order valence-electron chi connectivity index (χ2n) is 27.5. The average Bonchev–Trinajstić information content (AvgIpc) is 1.62. The van der Waals surface area contributed by atoms with Crippen molar-refractivity contribution >= 4 is 115 Å². The molecule has 20 heteroatoms. The molecule has 8 aromatic heterocycles. The van der Waals surface area contributed by atoms with Crippen LogP contribution in [0.3, 0.4) is 0 Å². The normalized spacial score (nSPS) is 14.9. The number of aryl methyl sites for hydroxylation is 12. The van der Waals surface area contributed by atoms with Crippen LogP contribution in [0.5, 0.6) is 0 Å². The van der Waals surface area contributed by atoms with Crippen LogP contribution >= 0.6 is 71.0 Å². The summed E-state index contributed by atoms with van der Waals surface area (Å²) in [6.45, 7) is 18.8. The lowest BCUT2D eigenvalue weighted by Gasteiger charge is -2.24. The average molecular weight is 1580 g/mol. The lowest BCUT2D eigenvalue weighted by atomic mass is 10.0. The molecule has 12 nitrogen and oxygen atoms in total. The lowest BCUT2D eigenvalue weighted by Crippen LogP contribution is -2.27. The highest BCUT2D eigenvalue weighted by atomic mass is 79.9. The molecule has 0 aliphatic carbocycles. The largest absolute Gasteiger partial charge is 0.343 e. The van der Waals surface area contributed by atoms with E-state index in [0.717, 1.165) is 177 Å². The first kappa shape index (κ1) is 71.7. The summed E-state index contributed by atoms with van der Waals surface area (Å²) in [5, 5.41) is 5.17. The van der Waals surface area contributed by atoms with Crippen molar-refractivity contribution in [2.45, 2.75) is 131 Å². The summed E-state index contributed by atoms with van der Waals surface area (Å²) in [4.78, 5) is 26.7. The Kier molecular flexibility index (Phi) is 22.3. The van der Waals surface area contributed by atoms with Crippen LogP contribution in [0.1, 0.15) is 90.1 Å². The van der Waals surface area contributed by atoms with E-state index in [1.807, 2.05) is 88.4 Å². The molecule has 0 amide bonds. The van der Waals surface area contributed by atoms with E-state index in [9.17, 15) is 13.2 Å². The molecule has 0 bridgehead atoms. The van der Waals surface area contributed by atoms with E-state index in [4.69, 9.17) is 23.2 Å². The second-order valence-corrected chi connectivity index (χ2v) is 30.9. The third kappa shape index (κ3) is 15.2. The first-order chi connectivity index (χ1) is 48.2. The predicted molar refractivity (Wildman–Crippen MR) is 412 cm³/mol. The van der Waals surface area contributed by atoms with Gasteiger partial charge in [0.15, 0.2) is 0 Å². The molecule has 0 saturated carbocycles. The maximum atomic E-state index is 14.6. The minimum absolute atomic E-state index is 0.179. The maximum absolute atomic E-state index is 14.6. The number of likely N-dealkylation sites (N-methyl/N-ethyl adjacent to an activating group) is 4.